The summed E-state index contributed by atoms with van der Waals surface area (Å²) in [5.41, 5.74) is 1.98. The Morgan fingerprint density at radius 2 is 2.22 bits per heavy atom. The fourth-order valence-electron chi connectivity index (χ4n) is 1.62. The van der Waals surface area contributed by atoms with Crippen molar-refractivity contribution in [3.63, 3.8) is 0 Å². The van der Waals surface area contributed by atoms with Crippen LogP contribution in [-0.4, -0.2) is 21.0 Å². The predicted molar refractivity (Wildman–Crippen MR) is 69.7 cm³/mol. The normalized spacial score (nSPS) is 10.4. The number of hydrogen-bond donors (Lipinski definition) is 1. The van der Waals surface area contributed by atoms with Gasteiger partial charge in [-0.1, -0.05) is 6.07 Å². The van der Waals surface area contributed by atoms with E-state index in [-0.39, 0.29) is 6.42 Å². The van der Waals surface area contributed by atoms with Crippen LogP contribution in [-0.2, 0) is 17.6 Å². The fourth-order valence-corrected chi connectivity index (χ4v) is 2.47. The third-order valence-electron chi connectivity index (χ3n) is 2.48. The van der Waals surface area contributed by atoms with Gasteiger partial charge in [0.1, 0.15) is 0 Å². The number of carboxylic acid groups (broad SMARTS) is 1. The van der Waals surface area contributed by atoms with Crippen LogP contribution in [0.4, 0.5) is 0 Å². The Labute approximate surface area is 109 Å². The Hall–Kier alpha value is -1.75. The molecule has 0 aliphatic rings. The lowest BCUT2D eigenvalue weighted by molar-refractivity contribution is -0.137. The van der Waals surface area contributed by atoms with Gasteiger partial charge in [0.15, 0.2) is 0 Å². The highest BCUT2D eigenvalue weighted by molar-refractivity contribution is 7.09. The van der Waals surface area contributed by atoms with E-state index in [1.165, 1.54) is 0 Å². The van der Waals surface area contributed by atoms with Crippen LogP contribution in [0.25, 0.3) is 0 Å². The summed E-state index contributed by atoms with van der Waals surface area (Å²) in [6.07, 6.45) is 4.08. The summed E-state index contributed by atoms with van der Waals surface area (Å²) in [5.74, 6) is -0.751. The van der Waals surface area contributed by atoms with Gasteiger partial charge in [0, 0.05) is 30.1 Å². The van der Waals surface area contributed by atoms with Crippen molar-refractivity contribution >= 4 is 17.3 Å². The summed E-state index contributed by atoms with van der Waals surface area (Å²) in [5, 5.41) is 11.6. The second-order valence-corrected chi connectivity index (χ2v) is 4.92. The molecule has 0 spiro atoms. The van der Waals surface area contributed by atoms with Crippen molar-refractivity contribution in [2.24, 2.45) is 0 Å². The lowest BCUT2D eigenvalue weighted by Crippen LogP contribution is -1.96. The highest BCUT2D eigenvalue weighted by atomic mass is 32.1. The molecule has 94 valence electrons. The lowest BCUT2D eigenvalue weighted by Gasteiger charge is -1.96. The Morgan fingerprint density at radius 1 is 1.33 bits per heavy atom. The van der Waals surface area contributed by atoms with E-state index in [1.807, 2.05) is 23.6 Å². The van der Waals surface area contributed by atoms with Crippen molar-refractivity contribution in [1.82, 2.24) is 9.97 Å². The van der Waals surface area contributed by atoms with E-state index in [9.17, 15) is 4.79 Å². The molecule has 0 aromatic carbocycles. The van der Waals surface area contributed by atoms with E-state index >= 15 is 0 Å². The Morgan fingerprint density at radius 3 is 2.94 bits per heavy atom. The molecule has 2 aromatic heterocycles. The first-order valence-electron chi connectivity index (χ1n) is 5.79. The number of thiazole rings is 1. The van der Waals surface area contributed by atoms with Crippen molar-refractivity contribution in [2.45, 2.75) is 25.7 Å². The Kier molecular flexibility index (Phi) is 4.41. The maximum absolute atomic E-state index is 10.4. The molecule has 5 heteroatoms. The molecule has 2 rings (SSSR count). The van der Waals surface area contributed by atoms with Gasteiger partial charge in [-0.3, -0.25) is 9.78 Å². The molecular weight excluding hydrogens is 248 g/mol. The third kappa shape index (κ3) is 3.92. The van der Waals surface area contributed by atoms with E-state index in [0.717, 1.165) is 29.2 Å². The minimum atomic E-state index is -0.751. The number of aryl methyl sites for hydroxylation is 1. The van der Waals surface area contributed by atoms with Gasteiger partial charge in [-0.05, 0) is 25.0 Å². The van der Waals surface area contributed by atoms with E-state index in [0.29, 0.717) is 6.42 Å². The van der Waals surface area contributed by atoms with Gasteiger partial charge in [0.2, 0.25) is 0 Å². The molecule has 0 aliphatic heterocycles. The summed E-state index contributed by atoms with van der Waals surface area (Å²) in [7, 11) is 0. The fraction of sp³-hybridized carbons (Fsp3) is 0.308. The van der Waals surface area contributed by atoms with E-state index in [1.54, 1.807) is 17.5 Å². The number of carboxylic acids is 1. The van der Waals surface area contributed by atoms with Crippen LogP contribution in [0.5, 0.6) is 0 Å². The molecule has 0 saturated carbocycles. The molecule has 2 aromatic rings. The highest BCUT2D eigenvalue weighted by Crippen LogP contribution is 2.15. The van der Waals surface area contributed by atoms with Gasteiger partial charge in [-0.2, -0.15) is 0 Å². The molecule has 1 N–H and O–H groups in total. The molecule has 0 bridgehead atoms. The van der Waals surface area contributed by atoms with Crippen LogP contribution < -0.4 is 0 Å². The molecule has 4 nitrogen and oxygen atoms in total. The van der Waals surface area contributed by atoms with Gasteiger partial charge in [0.25, 0.3) is 0 Å². The molecule has 0 radical (unpaired) electrons. The molecular formula is C13H14N2O2S. The van der Waals surface area contributed by atoms with Crippen LogP contribution in [0.1, 0.15) is 29.2 Å². The quantitative estimate of drug-likeness (QED) is 0.869. The van der Waals surface area contributed by atoms with Crippen molar-refractivity contribution in [3.8, 4) is 0 Å². The number of carbonyl (C=O) groups is 1. The third-order valence-corrected chi connectivity index (χ3v) is 3.38. The number of aromatic nitrogens is 2. The largest absolute Gasteiger partial charge is 0.481 e. The predicted octanol–water partition coefficient (Wildman–Crippen LogP) is 2.54. The Balaban J connectivity index is 1.88. The molecule has 0 unspecified atom stereocenters. The average Bonchev–Trinajstić information content (AvgIpc) is 2.78. The molecule has 0 fully saturated rings. The summed E-state index contributed by atoms with van der Waals surface area (Å²) in [4.78, 5) is 19.2. The summed E-state index contributed by atoms with van der Waals surface area (Å²) < 4.78 is 0. The minimum Gasteiger partial charge on any atom is -0.481 e. The van der Waals surface area contributed by atoms with E-state index in [4.69, 9.17) is 5.11 Å². The number of hydrogen-bond acceptors (Lipinski definition) is 4. The van der Waals surface area contributed by atoms with Gasteiger partial charge >= 0.3 is 5.97 Å². The topological polar surface area (TPSA) is 63.1 Å². The maximum Gasteiger partial charge on any atom is 0.303 e. The van der Waals surface area contributed by atoms with Crippen LogP contribution >= 0.6 is 11.3 Å². The summed E-state index contributed by atoms with van der Waals surface area (Å²) >= 11 is 1.60. The molecule has 0 atom stereocenters. The second kappa shape index (κ2) is 6.26. The standard InChI is InChI=1S/C13H14N2O2S/c16-13(17)6-3-5-11-9-18-12(15-11)8-10-4-1-2-7-14-10/h1-2,4,7,9H,3,5-6,8H2,(H,16,17). The molecule has 0 aliphatic carbocycles. The number of pyridine rings is 1. The summed E-state index contributed by atoms with van der Waals surface area (Å²) in [6.45, 7) is 0. The molecule has 0 amide bonds. The van der Waals surface area contributed by atoms with Crippen LogP contribution in [0.15, 0.2) is 29.8 Å². The smallest absolute Gasteiger partial charge is 0.303 e. The number of nitrogens with zero attached hydrogens (tertiary/aromatic N) is 2. The Bertz CT molecular complexity index is 511. The van der Waals surface area contributed by atoms with Crippen LogP contribution in [0.2, 0.25) is 0 Å². The van der Waals surface area contributed by atoms with Crippen molar-refractivity contribution < 1.29 is 9.90 Å². The van der Waals surface area contributed by atoms with E-state index < -0.39 is 5.97 Å². The molecule has 0 saturated heterocycles. The van der Waals surface area contributed by atoms with E-state index in [2.05, 4.69) is 9.97 Å². The first kappa shape index (κ1) is 12.7. The van der Waals surface area contributed by atoms with Crippen molar-refractivity contribution in [2.75, 3.05) is 0 Å². The maximum atomic E-state index is 10.4. The second-order valence-electron chi connectivity index (χ2n) is 3.98. The van der Waals surface area contributed by atoms with Crippen LogP contribution in [0, 0.1) is 0 Å². The average molecular weight is 262 g/mol. The lowest BCUT2D eigenvalue weighted by atomic mass is 10.2. The molecule has 2 heterocycles. The number of aliphatic carboxylic acids is 1. The zero-order chi connectivity index (χ0) is 12.8. The van der Waals surface area contributed by atoms with Gasteiger partial charge in [-0.15, -0.1) is 11.3 Å². The van der Waals surface area contributed by atoms with Crippen LogP contribution in [0.3, 0.4) is 0 Å². The minimum absolute atomic E-state index is 0.201. The monoisotopic (exact) mass is 262 g/mol. The van der Waals surface area contributed by atoms with Gasteiger partial charge in [-0.25, -0.2) is 4.98 Å². The first-order valence-corrected chi connectivity index (χ1v) is 6.67. The highest BCUT2D eigenvalue weighted by Gasteiger charge is 2.05. The first-order chi connectivity index (χ1) is 8.74. The van der Waals surface area contributed by atoms with Crippen molar-refractivity contribution in [3.05, 3.63) is 46.2 Å². The van der Waals surface area contributed by atoms with Gasteiger partial charge in [0.05, 0.1) is 10.7 Å². The SMILES string of the molecule is O=C(O)CCCc1csc(Cc2ccccn2)n1. The molecule has 18 heavy (non-hydrogen) atoms. The zero-order valence-corrected chi connectivity index (χ0v) is 10.7. The van der Waals surface area contributed by atoms with Gasteiger partial charge < -0.3 is 5.11 Å². The zero-order valence-electron chi connectivity index (χ0n) is 9.87. The van der Waals surface area contributed by atoms with Crippen molar-refractivity contribution in [1.29, 1.82) is 0 Å². The summed E-state index contributed by atoms with van der Waals surface area (Å²) in [6, 6.07) is 5.83. The number of rotatable bonds is 6.